The number of quaternary nitrogens is 1. The van der Waals surface area contributed by atoms with Crippen molar-refractivity contribution >= 4 is 17.7 Å². The van der Waals surface area contributed by atoms with E-state index in [1.807, 2.05) is 13.8 Å². The third-order valence-electron chi connectivity index (χ3n) is 3.51. The monoisotopic (exact) mass is 301 g/mol. The Kier molecular flexibility index (Phi) is 7.01. The molecule has 2 atom stereocenters. The third-order valence-corrected chi connectivity index (χ3v) is 4.31. The van der Waals surface area contributed by atoms with Gasteiger partial charge >= 0.3 is 0 Å². The second-order valence-corrected chi connectivity index (χ2v) is 5.68. The molecule has 0 spiro atoms. The number of aromatic nitrogens is 2. The first-order valence-electron chi connectivity index (χ1n) is 7.10. The number of amides is 1. The zero-order valence-corrected chi connectivity index (χ0v) is 13.6. The lowest BCUT2D eigenvalue weighted by Crippen LogP contribution is -2.56. The van der Waals surface area contributed by atoms with Crippen molar-refractivity contribution in [3.05, 3.63) is 5.89 Å². The third kappa shape index (κ3) is 4.49. The molecule has 0 aromatic carbocycles. The van der Waals surface area contributed by atoms with E-state index in [4.69, 9.17) is 4.42 Å². The molecule has 1 rings (SSSR count). The van der Waals surface area contributed by atoms with Gasteiger partial charge in [0.05, 0.1) is 5.75 Å². The van der Waals surface area contributed by atoms with Crippen molar-refractivity contribution in [3.63, 3.8) is 0 Å². The maximum Gasteiger partial charge on any atom is 0.277 e. The predicted octanol–water partition coefficient (Wildman–Crippen LogP) is 1.36. The van der Waals surface area contributed by atoms with Crippen LogP contribution in [0.4, 0.5) is 0 Å². The van der Waals surface area contributed by atoms with Crippen molar-refractivity contribution in [2.45, 2.75) is 45.4 Å². The van der Waals surface area contributed by atoms with Crippen LogP contribution in [0.15, 0.2) is 9.64 Å². The first kappa shape index (κ1) is 17.0. The molecule has 1 amide bonds. The Morgan fingerprint density at radius 2 is 2.00 bits per heavy atom. The van der Waals surface area contributed by atoms with E-state index in [0.717, 1.165) is 19.5 Å². The molecule has 0 bridgehead atoms. The highest BCUT2D eigenvalue weighted by molar-refractivity contribution is 7.99. The van der Waals surface area contributed by atoms with Crippen molar-refractivity contribution < 1.29 is 14.9 Å². The van der Waals surface area contributed by atoms with Gasteiger partial charge in [-0.05, 0) is 20.3 Å². The molecule has 1 aromatic heterocycles. The zero-order chi connectivity index (χ0) is 15.1. The Bertz CT molecular complexity index is 420. The number of nitrogens with zero attached hydrogens (tertiary/aromatic N) is 3. The molecule has 0 aliphatic heterocycles. The van der Waals surface area contributed by atoms with Crippen molar-refractivity contribution in [1.29, 1.82) is 0 Å². The number of rotatable bonds is 8. The number of carbonyl (C=O) groups is 1. The van der Waals surface area contributed by atoms with Crippen LogP contribution < -0.4 is 5.73 Å². The van der Waals surface area contributed by atoms with Gasteiger partial charge in [-0.15, -0.1) is 10.2 Å². The Balaban J connectivity index is 2.54. The summed E-state index contributed by atoms with van der Waals surface area (Å²) in [6.45, 7) is 9.60. The normalized spacial score (nSPS) is 14.1. The van der Waals surface area contributed by atoms with Crippen molar-refractivity contribution in [2.75, 3.05) is 18.8 Å². The number of hydrogen-bond acceptors (Lipinski definition) is 5. The standard InChI is InChI=1S/C13H24N4O2S/c1-5-9(4)11(14)12-15-16-13(19-12)20-8-10(18)17(6-2)7-3/h9,11H,5-8,14H2,1-4H3/p+1/t9-,11-/m0/s1. The summed E-state index contributed by atoms with van der Waals surface area (Å²) in [5, 5.41) is 8.44. The minimum Gasteiger partial charge on any atom is -0.410 e. The molecule has 0 saturated carbocycles. The molecular weight excluding hydrogens is 276 g/mol. The Labute approximate surface area is 124 Å². The molecule has 1 aromatic rings. The number of thioether (sulfide) groups is 1. The summed E-state index contributed by atoms with van der Waals surface area (Å²) in [6, 6.07) is 0.000309. The van der Waals surface area contributed by atoms with Gasteiger partial charge in [-0.25, -0.2) is 0 Å². The fraction of sp³-hybridized carbons (Fsp3) is 0.769. The van der Waals surface area contributed by atoms with Gasteiger partial charge in [0.25, 0.3) is 11.1 Å². The fourth-order valence-electron chi connectivity index (χ4n) is 1.75. The molecule has 0 aliphatic rings. The van der Waals surface area contributed by atoms with E-state index in [-0.39, 0.29) is 11.9 Å². The first-order valence-corrected chi connectivity index (χ1v) is 8.08. The maximum atomic E-state index is 11.9. The van der Waals surface area contributed by atoms with E-state index < -0.39 is 0 Å². The molecule has 0 aliphatic carbocycles. The van der Waals surface area contributed by atoms with E-state index in [1.54, 1.807) is 4.90 Å². The zero-order valence-electron chi connectivity index (χ0n) is 12.8. The quantitative estimate of drug-likeness (QED) is 0.733. The van der Waals surface area contributed by atoms with Crippen LogP contribution in [0.5, 0.6) is 0 Å². The predicted molar refractivity (Wildman–Crippen MR) is 78.0 cm³/mol. The average Bonchev–Trinajstić information content (AvgIpc) is 2.93. The molecular formula is C13H25N4O2S+. The molecule has 1 heterocycles. The van der Waals surface area contributed by atoms with Gasteiger partial charge in [0.2, 0.25) is 5.91 Å². The molecule has 0 saturated heterocycles. The van der Waals surface area contributed by atoms with E-state index in [1.165, 1.54) is 11.8 Å². The minimum atomic E-state index is 0.000309. The van der Waals surface area contributed by atoms with Crippen LogP contribution in [0.1, 0.15) is 46.0 Å². The van der Waals surface area contributed by atoms with Crippen LogP contribution in [0, 0.1) is 5.92 Å². The van der Waals surface area contributed by atoms with Gasteiger partial charge in [-0.1, -0.05) is 25.6 Å². The van der Waals surface area contributed by atoms with Gasteiger partial charge in [0, 0.05) is 19.0 Å². The second-order valence-electron chi connectivity index (χ2n) is 4.75. The molecule has 3 N–H and O–H groups in total. The first-order chi connectivity index (χ1) is 9.53. The van der Waals surface area contributed by atoms with Gasteiger partial charge < -0.3 is 15.1 Å². The van der Waals surface area contributed by atoms with E-state index in [2.05, 4.69) is 29.8 Å². The summed E-state index contributed by atoms with van der Waals surface area (Å²) in [4.78, 5) is 13.7. The Morgan fingerprint density at radius 1 is 1.35 bits per heavy atom. The minimum absolute atomic E-state index is 0.000309. The second kappa shape index (κ2) is 8.26. The lowest BCUT2D eigenvalue weighted by Gasteiger charge is -2.17. The fourth-order valence-corrected chi connectivity index (χ4v) is 2.42. The maximum absolute atomic E-state index is 11.9. The summed E-state index contributed by atoms with van der Waals surface area (Å²) >= 11 is 1.29. The summed E-state index contributed by atoms with van der Waals surface area (Å²) in [7, 11) is 0. The SMILES string of the molecule is CC[C@H](C)[C@H]([NH3+])c1nnc(SCC(=O)N(CC)CC)o1. The van der Waals surface area contributed by atoms with Gasteiger partial charge in [0.1, 0.15) is 0 Å². The molecule has 7 heteroatoms. The lowest BCUT2D eigenvalue weighted by atomic mass is 10.0. The molecule has 114 valence electrons. The van der Waals surface area contributed by atoms with Crippen molar-refractivity contribution in [3.8, 4) is 0 Å². The van der Waals surface area contributed by atoms with Crippen LogP contribution in [-0.4, -0.2) is 39.8 Å². The topological polar surface area (TPSA) is 86.9 Å². The summed E-state index contributed by atoms with van der Waals surface area (Å²) in [5.41, 5.74) is 4.06. The van der Waals surface area contributed by atoms with Crippen LogP contribution in [0.3, 0.4) is 0 Å². The molecule has 0 unspecified atom stereocenters. The van der Waals surface area contributed by atoms with Crippen LogP contribution >= 0.6 is 11.8 Å². The van der Waals surface area contributed by atoms with Crippen LogP contribution in [0.2, 0.25) is 0 Å². The number of carbonyl (C=O) groups excluding carboxylic acids is 1. The Morgan fingerprint density at radius 3 is 2.55 bits per heavy atom. The summed E-state index contributed by atoms with van der Waals surface area (Å²) in [6.07, 6.45) is 1.01. The number of hydrogen-bond donors (Lipinski definition) is 1. The van der Waals surface area contributed by atoms with Crippen molar-refractivity contribution in [2.24, 2.45) is 5.92 Å². The molecule has 20 heavy (non-hydrogen) atoms. The van der Waals surface area contributed by atoms with Crippen molar-refractivity contribution in [1.82, 2.24) is 15.1 Å². The lowest BCUT2D eigenvalue weighted by molar-refractivity contribution is -0.444. The molecule has 6 nitrogen and oxygen atoms in total. The summed E-state index contributed by atoms with van der Waals surface area (Å²) in [5.74, 6) is 1.37. The highest BCUT2D eigenvalue weighted by Crippen LogP contribution is 2.23. The molecule has 0 fully saturated rings. The largest absolute Gasteiger partial charge is 0.410 e. The highest BCUT2D eigenvalue weighted by Gasteiger charge is 2.23. The smallest absolute Gasteiger partial charge is 0.277 e. The molecule has 0 radical (unpaired) electrons. The van der Waals surface area contributed by atoms with Crippen LogP contribution in [-0.2, 0) is 4.79 Å². The van der Waals surface area contributed by atoms with E-state index in [0.29, 0.717) is 22.8 Å². The van der Waals surface area contributed by atoms with E-state index >= 15 is 0 Å². The van der Waals surface area contributed by atoms with Crippen LogP contribution in [0.25, 0.3) is 0 Å². The van der Waals surface area contributed by atoms with Gasteiger partial charge in [0.15, 0.2) is 6.04 Å². The Hall–Kier alpha value is -1.08. The van der Waals surface area contributed by atoms with Gasteiger partial charge in [-0.2, -0.15) is 0 Å². The summed E-state index contributed by atoms with van der Waals surface area (Å²) < 4.78 is 5.57. The van der Waals surface area contributed by atoms with E-state index in [9.17, 15) is 4.79 Å². The average molecular weight is 301 g/mol. The highest BCUT2D eigenvalue weighted by atomic mass is 32.2. The van der Waals surface area contributed by atoms with Gasteiger partial charge in [-0.3, -0.25) is 4.79 Å².